The smallest absolute Gasteiger partial charge is 0.320 e. The fraction of sp³-hybridized carbons (Fsp3) is 0.429. The predicted octanol–water partition coefficient (Wildman–Crippen LogP) is 2.53. The van der Waals surface area contributed by atoms with Gasteiger partial charge in [-0.1, -0.05) is 11.6 Å². The van der Waals surface area contributed by atoms with Crippen LogP contribution in [0, 0.1) is 12.7 Å². The highest BCUT2D eigenvalue weighted by Gasteiger charge is 2.27. The van der Waals surface area contributed by atoms with Crippen LogP contribution in [-0.2, 0) is 4.79 Å². The van der Waals surface area contributed by atoms with Crippen molar-refractivity contribution in [3.05, 3.63) is 28.5 Å². The molecule has 114 valence electrons. The van der Waals surface area contributed by atoms with Crippen LogP contribution in [0.4, 0.5) is 14.9 Å². The number of urea groups is 1. The number of aryl methyl sites for hydroxylation is 1. The lowest BCUT2D eigenvalue weighted by molar-refractivity contribution is -0.134. The lowest BCUT2D eigenvalue weighted by Gasteiger charge is -2.29. The van der Waals surface area contributed by atoms with Gasteiger partial charge >= 0.3 is 6.03 Å². The molecule has 2 rings (SSSR count). The van der Waals surface area contributed by atoms with Crippen LogP contribution in [0.2, 0.25) is 5.02 Å². The number of anilines is 1. The van der Waals surface area contributed by atoms with E-state index in [1.807, 2.05) is 0 Å². The normalized spacial score (nSPS) is 18.6. The number of likely N-dealkylation sites (N-methyl/N-ethyl adjacent to an activating group) is 1. The predicted molar refractivity (Wildman–Crippen MR) is 79.0 cm³/mol. The van der Waals surface area contributed by atoms with E-state index in [4.69, 9.17) is 11.6 Å². The van der Waals surface area contributed by atoms with E-state index >= 15 is 0 Å². The Morgan fingerprint density at radius 1 is 1.48 bits per heavy atom. The van der Waals surface area contributed by atoms with E-state index in [-0.39, 0.29) is 16.6 Å². The Hall–Kier alpha value is -1.82. The number of piperidine rings is 1. The second-order valence-electron chi connectivity index (χ2n) is 5.16. The monoisotopic (exact) mass is 313 g/mol. The van der Waals surface area contributed by atoms with Gasteiger partial charge in [0.05, 0.1) is 10.7 Å². The molecule has 0 radical (unpaired) electrons. The maximum absolute atomic E-state index is 13.8. The molecule has 1 unspecified atom stereocenters. The zero-order valence-electron chi connectivity index (χ0n) is 11.9. The molecule has 0 aromatic heterocycles. The van der Waals surface area contributed by atoms with E-state index in [0.717, 1.165) is 6.42 Å². The Bertz CT molecular complexity index is 556. The van der Waals surface area contributed by atoms with Gasteiger partial charge in [-0.3, -0.25) is 4.79 Å². The minimum atomic E-state index is -0.645. The molecule has 1 atom stereocenters. The van der Waals surface area contributed by atoms with E-state index in [9.17, 15) is 14.0 Å². The van der Waals surface area contributed by atoms with Gasteiger partial charge in [-0.2, -0.15) is 0 Å². The van der Waals surface area contributed by atoms with Gasteiger partial charge < -0.3 is 15.5 Å². The highest BCUT2D eigenvalue weighted by molar-refractivity contribution is 6.33. The molecule has 21 heavy (non-hydrogen) atoms. The second-order valence-corrected chi connectivity index (χ2v) is 5.56. The van der Waals surface area contributed by atoms with Crippen LogP contribution in [0.5, 0.6) is 0 Å². The molecule has 1 aromatic rings. The lowest BCUT2D eigenvalue weighted by Crippen LogP contribution is -2.51. The van der Waals surface area contributed by atoms with Crippen molar-refractivity contribution in [3.8, 4) is 0 Å². The van der Waals surface area contributed by atoms with E-state index in [0.29, 0.717) is 18.5 Å². The maximum Gasteiger partial charge on any atom is 0.320 e. The molecule has 1 saturated heterocycles. The molecule has 3 amide bonds. The SMILES string of the molecule is Cc1cc(F)c(NC(=O)NC2CCCN(C)C2=O)c(Cl)c1. The second kappa shape index (κ2) is 6.30. The molecule has 0 aliphatic carbocycles. The number of nitrogens with one attached hydrogen (secondary N) is 2. The average Bonchev–Trinajstić information content (AvgIpc) is 2.39. The number of likely N-dealkylation sites (tertiary alicyclic amines) is 1. The van der Waals surface area contributed by atoms with Crippen LogP contribution in [0.15, 0.2) is 12.1 Å². The fourth-order valence-corrected chi connectivity index (χ4v) is 2.60. The van der Waals surface area contributed by atoms with Crippen LogP contribution in [0.25, 0.3) is 0 Å². The van der Waals surface area contributed by atoms with Gasteiger partial charge in [0.1, 0.15) is 11.9 Å². The van der Waals surface area contributed by atoms with Crippen LogP contribution < -0.4 is 10.6 Å². The minimum Gasteiger partial charge on any atom is -0.344 e. The van der Waals surface area contributed by atoms with Crippen molar-refractivity contribution in [1.29, 1.82) is 0 Å². The third-order valence-corrected chi connectivity index (χ3v) is 3.69. The molecular weight excluding hydrogens is 297 g/mol. The van der Waals surface area contributed by atoms with Gasteiger partial charge in [0.2, 0.25) is 5.91 Å². The quantitative estimate of drug-likeness (QED) is 0.881. The van der Waals surface area contributed by atoms with E-state index in [2.05, 4.69) is 10.6 Å². The molecule has 0 bridgehead atoms. The Balaban J connectivity index is 2.04. The van der Waals surface area contributed by atoms with Crippen LogP contribution >= 0.6 is 11.6 Å². The summed E-state index contributed by atoms with van der Waals surface area (Å²) < 4.78 is 13.8. The number of halogens is 2. The molecule has 7 heteroatoms. The van der Waals surface area contributed by atoms with Crippen molar-refractivity contribution in [2.45, 2.75) is 25.8 Å². The first kappa shape index (κ1) is 15.6. The number of amides is 3. The van der Waals surface area contributed by atoms with Gasteiger partial charge in [0, 0.05) is 13.6 Å². The van der Waals surface area contributed by atoms with Crippen LogP contribution in [0.1, 0.15) is 18.4 Å². The highest BCUT2D eigenvalue weighted by atomic mass is 35.5. The van der Waals surface area contributed by atoms with Crippen molar-refractivity contribution >= 4 is 29.2 Å². The summed E-state index contributed by atoms with van der Waals surface area (Å²) in [5.41, 5.74) is 0.573. The number of carbonyl (C=O) groups excluding carboxylic acids is 2. The molecule has 1 aliphatic rings. The first-order valence-corrected chi connectivity index (χ1v) is 7.04. The summed E-state index contributed by atoms with van der Waals surface area (Å²) in [7, 11) is 1.69. The van der Waals surface area contributed by atoms with Crippen LogP contribution in [0.3, 0.4) is 0 Å². The molecule has 0 saturated carbocycles. The summed E-state index contributed by atoms with van der Waals surface area (Å²) in [5.74, 6) is -0.755. The zero-order chi connectivity index (χ0) is 15.6. The van der Waals surface area contributed by atoms with E-state index < -0.39 is 17.9 Å². The largest absolute Gasteiger partial charge is 0.344 e. The first-order chi connectivity index (χ1) is 9.88. The number of hydrogen-bond acceptors (Lipinski definition) is 2. The third kappa shape index (κ3) is 3.64. The van der Waals surface area contributed by atoms with Crippen molar-refractivity contribution in [2.75, 3.05) is 18.9 Å². The van der Waals surface area contributed by atoms with E-state index in [1.54, 1.807) is 24.9 Å². The highest BCUT2D eigenvalue weighted by Crippen LogP contribution is 2.26. The molecule has 0 spiro atoms. The molecule has 2 N–H and O–H groups in total. The molecule has 5 nitrogen and oxygen atoms in total. The van der Waals surface area contributed by atoms with Gasteiger partial charge in [-0.15, -0.1) is 0 Å². The molecule has 1 fully saturated rings. The lowest BCUT2D eigenvalue weighted by atomic mass is 10.1. The molecule has 1 heterocycles. The Morgan fingerprint density at radius 2 is 2.19 bits per heavy atom. The first-order valence-electron chi connectivity index (χ1n) is 6.66. The summed E-state index contributed by atoms with van der Waals surface area (Å²) in [6, 6.07) is 1.60. The summed E-state index contributed by atoms with van der Waals surface area (Å²) in [6.07, 6.45) is 1.38. The number of hydrogen-bond donors (Lipinski definition) is 2. The minimum absolute atomic E-state index is 0.0867. The Morgan fingerprint density at radius 3 is 2.86 bits per heavy atom. The molecule has 1 aliphatic heterocycles. The third-order valence-electron chi connectivity index (χ3n) is 3.39. The number of benzene rings is 1. The summed E-state index contributed by atoms with van der Waals surface area (Å²) in [6.45, 7) is 2.38. The van der Waals surface area contributed by atoms with Crippen molar-refractivity contribution in [2.24, 2.45) is 0 Å². The van der Waals surface area contributed by atoms with Gasteiger partial charge in [0.15, 0.2) is 0 Å². The van der Waals surface area contributed by atoms with Gasteiger partial charge in [0.25, 0.3) is 0 Å². The summed E-state index contributed by atoms with van der Waals surface area (Å²) >= 11 is 5.92. The van der Waals surface area contributed by atoms with Crippen molar-refractivity contribution in [1.82, 2.24) is 10.2 Å². The van der Waals surface area contributed by atoms with Gasteiger partial charge in [-0.25, -0.2) is 9.18 Å². The molecule has 1 aromatic carbocycles. The summed E-state index contributed by atoms with van der Waals surface area (Å²) in [4.78, 5) is 25.3. The number of rotatable bonds is 2. The maximum atomic E-state index is 13.8. The Labute approximate surface area is 127 Å². The average molecular weight is 314 g/mol. The van der Waals surface area contributed by atoms with Crippen LogP contribution in [-0.4, -0.2) is 36.5 Å². The number of carbonyl (C=O) groups is 2. The fourth-order valence-electron chi connectivity index (χ4n) is 2.29. The summed E-state index contributed by atoms with van der Waals surface area (Å²) in [5, 5.41) is 5.03. The van der Waals surface area contributed by atoms with Crippen molar-refractivity contribution < 1.29 is 14.0 Å². The molecular formula is C14H17ClFN3O2. The van der Waals surface area contributed by atoms with Gasteiger partial charge in [-0.05, 0) is 37.5 Å². The van der Waals surface area contributed by atoms with Crippen molar-refractivity contribution in [3.63, 3.8) is 0 Å². The van der Waals surface area contributed by atoms with E-state index in [1.165, 1.54) is 6.07 Å². The standard InChI is InChI=1S/C14H17ClFN3O2/c1-8-6-9(15)12(10(16)7-8)18-14(21)17-11-4-3-5-19(2)13(11)20/h6-7,11H,3-5H2,1-2H3,(H2,17,18,21). The number of nitrogens with zero attached hydrogens (tertiary/aromatic N) is 1. The topological polar surface area (TPSA) is 61.4 Å². The zero-order valence-corrected chi connectivity index (χ0v) is 12.6. The Kier molecular flexibility index (Phi) is 4.67.